The van der Waals surface area contributed by atoms with Gasteiger partial charge < -0.3 is 15.5 Å². The van der Waals surface area contributed by atoms with E-state index < -0.39 is 0 Å². The Morgan fingerprint density at radius 3 is 2.43 bits per heavy atom. The van der Waals surface area contributed by atoms with Crippen molar-refractivity contribution < 1.29 is 9.59 Å². The molecule has 1 heterocycles. The molecule has 122 valence electrons. The molecule has 1 aliphatic heterocycles. The quantitative estimate of drug-likeness (QED) is 0.668. The number of piperidine rings is 1. The number of unbranched alkanes of at least 4 members (excludes halogenated alkanes) is 1. The lowest BCUT2D eigenvalue weighted by Gasteiger charge is -2.31. The Labute approximate surface area is 128 Å². The fourth-order valence-electron chi connectivity index (χ4n) is 2.55. The van der Waals surface area contributed by atoms with Crippen molar-refractivity contribution in [2.24, 2.45) is 5.92 Å². The third-order valence-corrected chi connectivity index (χ3v) is 3.94. The minimum atomic E-state index is 0.0831. The van der Waals surface area contributed by atoms with E-state index in [-0.39, 0.29) is 17.7 Å². The monoisotopic (exact) mass is 297 g/mol. The summed E-state index contributed by atoms with van der Waals surface area (Å²) < 4.78 is 0. The highest BCUT2D eigenvalue weighted by Gasteiger charge is 2.26. The molecule has 0 aromatic heterocycles. The van der Waals surface area contributed by atoms with Gasteiger partial charge in [-0.3, -0.25) is 9.59 Å². The first kappa shape index (κ1) is 18.0. The van der Waals surface area contributed by atoms with E-state index in [4.69, 9.17) is 0 Å². The topological polar surface area (TPSA) is 61.4 Å². The maximum absolute atomic E-state index is 12.1. The zero-order valence-corrected chi connectivity index (χ0v) is 13.8. The standard InChI is InChI=1S/C16H31N3O2/c1-4-5-9-18-16(21)14-7-11-19(12-8-14)15(20)6-10-17-13(2)3/h13-14,17H,4-12H2,1-3H3,(H,18,21). The lowest BCUT2D eigenvalue weighted by atomic mass is 9.95. The normalized spacial score (nSPS) is 16.3. The Bertz CT molecular complexity index is 323. The van der Waals surface area contributed by atoms with Crippen LogP contribution in [0.4, 0.5) is 0 Å². The van der Waals surface area contributed by atoms with Crippen LogP contribution in [0.5, 0.6) is 0 Å². The van der Waals surface area contributed by atoms with E-state index >= 15 is 0 Å². The first-order valence-corrected chi connectivity index (χ1v) is 8.33. The number of nitrogens with zero attached hydrogens (tertiary/aromatic N) is 1. The Balaban J connectivity index is 2.21. The summed E-state index contributed by atoms with van der Waals surface area (Å²) in [6.07, 6.45) is 4.26. The van der Waals surface area contributed by atoms with Gasteiger partial charge in [-0.15, -0.1) is 0 Å². The van der Waals surface area contributed by atoms with Crippen LogP contribution in [0.15, 0.2) is 0 Å². The summed E-state index contributed by atoms with van der Waals surface area (Å²) in [5, 5.41) is 6.25. The van der Waals surface area contributed by atoms with E-state index in [1.807, 2.05) is 4.90 Å². The van der Waals surface area contributed by atoms with Gasteiger partial charge in [0.05, 0.1) is 0 Å². The molecule has 0 atom stereocenters. The van der Waals surface area contributed by atoms with Crippen LogP contribution in [0.3, 0.4) is 0 Å². The van der Waals surface area contributed by atoms with Crippen molar-refractivity contribution in [3.63, 3.8) is 0 Å². The number of amides is 2. The second kappa shape index (κ2) is 9.77. The molecule has 0 unspecified atom stereocenters. The molecule has 5 heteroatoms. The summed E-state index contributed by atoms with van der Waals surface area (Å²) in [6, 6.07) is 0.412. The van der Waals surface area contributed by atoms with Crippen LogP contribution < -0.4 is 10.6 Å². The van der Waals surface area contributed by atoms with Crippen molar-refractivity contribution in [1.29, 1.82) is 0 Å². The van der Waals surface area contributed by atoms with Gasteiger partial charge in [-0.2, -0.15) is 0 Å². The predicted molar refractivity (Wildman–Crippen MR) is 85.0 cm³/mol. The first-order chi connectivity index (χ1) is 10.0. The Hall–Kier alpha value is -1.10. The van der Waals surface area contributed by atoms with Gasteiger partial charge in [0.25, 0.3) is 0 Å². The zero-order chi connectivity index (χ0) is 15.7. The molecule has 1 aliphatic rings. The van der Waals surface area contributed by atoms with Crippen LogP contribution in [0.25, 0.3) is 0 Å². The summed E-state index contributed by atoms with van der Waals surface area (Å²) in [6.45, 7) is 9.20. The lowest BCUT2D eigenvalue weighted by Crippen LogP contribution is -2.44. The Morgan fingerprint density at radius 2 is 1.86 bits per heavy atom. The number of carbonyl (C=O) groups excluding carboxylic acids is 2. The molecule has 0 aromatic rings. The summed E-state index contributed by atoms with van der Waals surface area (Å²) >= 11 is 0. The maximum atomic E-state index is 12.1. The smallest absolute Gasteiger partial charge is 0.223 e. The van der Waals surface area contributed by atoms with E-state index in [9.17, 15) is 9.59 Å². The number of carbonyl (C=O) groups is 2. The Morgan fingerprint density at radius 1 is 1.19 bits per heavy atom. The van der Waals surface area contributed by atoms with E-state index in [2.05, 4.69) is 31.4 Å². The van der Waals surface area contributed by atoms with Crippen molar-refractivity contribution >= 4 is 11.8 Å². The average molecular weight is 297 g/mol. The fraction of sp³-hybridized carbons (Fsp3) is 0.875. The molecule has 1 saturated heterocycles. The molecule has 0 saturated carbocycles. The van der Waals surface area contributed by atoms with Gasteiger partial charge in [0.15, 0.2) is 0 Å². The van der Waals surface area contributed by atoms with Gasteiger partial charge in [0.1, 0.15) is 0 Å². The minimum Gasteiger partial charge on any atom is -0.356 e. The van der Waals surface area contributed by atoms with Gasteiger partial charge >= 0.3 is 0 Å². The third kappa shape index (κ3) is 6.93. The summed E-state index contributed by atoms with van der Waals surface area (Å²) in [7, 11) is 0. The number of hydrogen-bond acceptors (Lipinski definition) is 3. The number of likely N-dealkylation sites (tertiary alicyclic amines) is 1. The fourth-order valence-corrected chi connectivity index (χ4v) is 2.55. The Kier molecular flexibility index (Phi) is 8.35. The average Bonchev–Trinajstić information content (AvgIpc) is 2.47. The molecule has 2 amide bonds. The minimum absolute atomic E-state index is 0.0831. The lowest BCUT2D eigenvalue weighted by molar-refractivity contribution is -0.135. The molecular weight excluding hydrogens is 266 g/mol. The molecule has 5 nitrogen and oxygen atoms in total. The predicted octanol–water partition coefficient (Wildman–Crippen LogP) is 1.53. The molecule has 0 aromatic carbocycles. The van der Waals surface area contributed by atoms with E-state index in [1.54, 1.807) is 0 Å². The highest BCUT2D eigenvalue weighted by molar-refractivity contribution is 5.80. The van der Waals surface area contributed by atoms with Crippen LogP contribution in [0, 0.1) is 5.92 Å². The van der Waals surface area contributed by atoms with Crippen LogP contribution in [0.2, 0.25) is 0 Å². The van der Waals surface area contributed by atoms with Gasteiger partial charge in [0.2, 0.25) is 11.8 Å². The number of nitrogens with one attached hydrogen (secondary N) is 2. The molecular formula is C16H31N3O2. The summed E-state index contributed by atoms with van der Waals surface area (Å²) in [5.41, 5.74) is 0. The van der Waals surface area contributed by atoms with E-state index in [1.165, 1.54) is 0 Å². The van der Waals surface area contributed by atoms with Gasteiger partial charge in [-0.25, -0.2) is 0 Å². The van der Waals surface area contributed by atoms with Crippen LogP contribution in [0.1, 0.15) is 52.9 Å². The molecule has 0 bridgehead atoms. The highest BCUT2D eigenvalue weighted by atomic mass is 16.2. The third-order valence-electron chi connectivity index (χ3n) is 3.94. The zero-order valence-electron chi connectivity index (χ0n) is 13.8. The second-order valence-corrected chi connectivity index (χ2v) is 6.16. The van der Waals surface area contributed by atoms with Crippen molar-refractivity contribution in [1.82, 2.24) is 15.5 Å². The van der Waals surface area contributed by atoms with Crippen molar-refractivity contribution in [2.45, 2.75) is 58.9 Å². The van der Waals surface area contributed by atoms with Crippen LogP contribution in [-0.4, -0.2) is 48.9 Å². The first-order valence-electron chi connectivity index (χ1n) is 8.33. The summed E-state index contributed by atoms with van der Waals surface area (Å²) in [4.78, 5) is 25.9. The van der Waals surface area contributed by atoms with Gasteiger partial charge in [-0.1, -0.05) is 27.2 Å². The highest BCUT2D eigenvalue weighted by Crippen LogP contribution is 2.17. The van der Waals surface area contributed by atoms with Gasteiger partial charge in [-0.05, 0) is 19.3 Å². The van der Waals surface area contributed by atoms with Crippen molar-refractivity contribution in [3.8, 4) is 0 Å². The molecule has 1 rings (SSSR count). The second-order valence-electron chi connectivity index (χ2n) is 6.16. The number of hydrogen-bond donors (Lipinski definition) is 2. The summed E-state index contributed by atoms with van der Waals surface area (Å²) in [5.74, 6) is 0.449. The molecule has 1 fully saturated rings. The van der Waals surface area contributed by atoms with Crippen molar-refractivity contribution in [3.05, 3.63) is 0 Å². The maximum Gasteiger partial charge on any atom is 0.223 e. The largest absolute Gasteiger partial charge is 0.356 e. The molecule has 0 radical (unpaired) electrons. The molecule has 0 spiro atoms. The van der Waals surface area contributed by atoms with Crippen LogP contribution >= 0.6 is 0 Å². The van der Waals surface area contributed by atoms with E-state index in [0.29, 0.717) is 25.6 Å². The van der Waals surface area contributed by atoms with Gasteiger partial charge in [0, 0.05) is 44.6 Å². The SMILES string of the molecule is CCCCNC(=O)C1CCN(C(=O)CCNC(C)C)CC1. The molecule has 2 N–H and O–H groups in total. The van der Waals surface area contributed by atoms with Crippen LogP contribution in [-0.2, 0) is 9.59 Å². The van der Waals surface area contributed by atoms with Crippen molar-refractivity contribution in [2.75, 3.05) is 26.2 Å². The van der Waals surface area contributed by atoms with E-state index in [0.717, 1.165) is 38.8 Å². The molecule has 21 heavy (non-hydrogen) atoms. The number of rotatable bonds is 8. The molecule has 0 aliphatic carbocycles.